The molecule has 0 aromatic rings. The summed E-state index contributed by atoms with van der Waals surface area (Å²) in [5.74, 6) is -0.112. The highest BCUT2D eigenvalue weighted by atomic mass is 16.5. The van der Waals surface area contributed by atoms with E-state index in [2.05, 4.69) is 16.7 Å². The number of ether oxygens (including phenoxy) is 2. The number of nitrogens with zero attached hydrogens (tertiary/aromatic N) is 2. The molecule has 2 heterocycles. The topological polar surface area (TPSA) is 42.0 Å². The zero-order valence-corrected chi connectivity index (χ0v) is 10.7. The van der Waals surface area contributed by atoms with Gasteiger partial charge in [-0.15, -0.1) is 0 Å². The fraction of sp³-hybridized carbons (Fsp3) is 0.917. The zero-order valence-electron chi connectivity index (χ0n) is 10.7. The van der Waals surface area contributed by atoms with Crippen LogP contribution < -0.4 is 0 Å². The maximum atomic E-state index is 11.5. The minimum atomic E-state index is -0.112. The van der Waals surface area contributed by atoms with Crippen molar-refractivity contribution in [1.29, 1.82) is 0 Å². The van der Waals surface area contributed by atoms with Crippen molar-refractivity contribution >= 4 is 5.97 Å². The summed E-state index contributed by atoms with van der Waals surface area (Å²) in [6.07, 6.45) is 1.15. The molecular formula is C12H22N2O3. The van der Waals surface area contributed by atoms with E-state index in [0.29, 0.717) is 0 Å². The predicted octanol–water partition coefficient (Wildman–Crippen LogP) is -0.0456. The van der Waals surface area contributed by atoms with Gasteiger partial charge in [-0.1, -0.05) is 6.92 Å². The molecule has 2 aliphatic heterocycles. The lowest BCUT2D eigenvalue weighted by molar-refractivity contribution is -0.154. The molecule has 2 unspecified atom stereocenters. The van der Waals surface area contributed by atoms with Crippen molar-refractivity contribution in [3.8, 4) is 0 Å². The molecule has 5 nitrogen and oxygen atoms in total. The van der Waals surface area contributed by atoms with Gasteiger partial charge in [0.1, 0.15) is 6.04 Å². The molecule has 0 N–H and O–H groups in total. The van der Waals surface area contributed by atoms with Gasteiger partial charge < -0.3 is 9.47 Å². The van der Waals surface area contributed by atoms with E-state index in [1.807, 2.05) is 0 Å². The minimum Gasteiger partial charge on any atom is -0.468 e. The van der Waals surface area contributed by atoms with E-state index in [1.165, 1.54) is 7.11 Å². The number of carbonyl (C=O) groups excluding carboxylic acids is 1. The van der Waals surface area contributed by atoms with Crippen LogP contribution in [0.4, 0.5) is 0 Å². The molecular weight excluding hydrogens is 220 g/mol. The average Bonchev–Trinajstić information content (AvgIpc) is 2.34. The van der Waals surface area contributed by atoms with Crippen molar-refractivity contribution in [1.82, 2.24) is 9.80 Å². The summed E-state index contributed by atoms with van der Waals surface area (Å²) in [5, 5.41) is 0. The van der Waals surface area contributed by atoms with Crippen molar-refractivity contribution in [2.75, 3.05) is 46.4 Å². The van der Waals surface area contributed by atoms with Gasteiger partial charge in [-0.05, 0) is 13.0 Å². The van der Waals surface area contributed by atoms with Crippen molar-refractivity contribution in [3.63, 3.8) is 0 Å². The van der Waals surface area contributed by atoms with Gasteiger partial charge in [0, 0.05) is 26.2 Å². The fourth-order valence-corrected chi connectivity index (χ4v) is 2.50. The van der Waals surface area contributed by atoms with Gasteiger partial charge in [0.15, 0.2) is 0 Å². The molecule has 2 atom stereocenters. The lowest BCUT2D eigenvalue weighted by Crippen LogP contribution is -2.57. The Bertz CT molecular complexity index is 272. The number of rotatable bonds is 4. The first-order chi connectivity index (χ1) is 8.24. The van der Waals surface area contributed by atoms with Crippen molar-refractivity contribution in [2.24, 2.45) is 0 Å². The Labute approximate surface area is 103 Å². The monoisotopic (exact) mass is 242 g/mol. The number of likely N-dealkylation sites (tertiary alicyclic amines) is 1. The van der Waals surface area contributed by atoms with Crippen LogP contribution in [-0.2, 0) is 14.3 Å². The summed E-state index contributed by atoms with van der Waals surface area (Å²) in [6, 6.07) is -0.0411. The highest BCUT2D eigenvalue weighted by molar-refractivity contribution is 5.76. The zero-order chi connectivity index (χ0) is 12.3. The first kappa shape index (κ1) is 12.8. The quantitative estimate of drug-likeness (QED) is 0.647. The van der Waals surface area contributed by atoms with Crippen molar-refractivity contribution < 1.29 is 14.3 Å². The van der Waals surface area contributed by atoms with Crippen LogP contribution in [0.2, 0.25) is 0 Å². The minimum absolute atomic E-state index is 0.0411. The Morgan fingerprint density at radius 3 is 2.88 bits per heavy atom. The average molecular weight is 242 g/mol. The van der Waals surface area contributed by atoms with Gasteiger partial charge in [0.25, 0.3) is 0 Å². The van der Waals surface area contributed by atoms with E-state index in [1.54, 1.807) is 0 Å². The van der Waals surface area contributed by atoms with Gasteiger partial charge >= 0.3 is 5.97 Å². The first-order valence-electron chi connectivity index (χ1n) is 6.40. The molecule has 0 aromatic heterocycles. The molecule has 2 rings (SSSR count). The van der Waals surface area contributed by atoms with Crippen LogP contribution in [0.5, 0.6) is 0 Å². The summed E-state index contributed by atoms with van der Waals surface area (Å²) >= 11 is 0. The number of carbonyl (C=O) groups is 1. The van der Waals surface area contributed by atoms with Gasteiger partial charge in [0.2, 0.25) is 0 Å². The van der Waals surface area contributed by atoms with E-state index in [-0.39, 0.29) is 18.1 Å². The standard InChI is InChI=1S/C12H22N2O3/c1-3-13-6-7-17-10(8-13)9-14-5-4-11(14)12(15)16-2/h10-11H,3-9H2,1-2H3. The number of esters is 1. The molecule has 0 saturated carbocycles. The Morgan fingerprint density at radius 1 is 1.47 bits per heavy atom. The van der Waals surface area contributed by atoms with Crippen LogP contribution in [0.15, 0.2) is 0 Å². The third-order valence-electron chi connectivity index (χ3n) is 3.71. The molecule has 0 spiro atoms. The van der Waals surface area contributed by atoms with E-state index < -0.39 is 0 Å². The smallest absolute Gasteiger partial charge is 0.323 e. The lowest BCUT2D eigenvalue weighted by atomic mass is 10.0. The molecule has 98 valence electrons. The lowest BCUT2D eigenvalue weighted by Gasteiger charge is -2.42. The van der Waals surface area contributed by atoms with Crippen LogP contribution in [0.25, 0.3) is 0 Å². The number of methoxy groups -OCH3 is 1. The molecule has 0 aromatic carbocycles. The molecule has 2 aliphatic rings. The summed E-state index contributed by atoms with van der Waals surface area (Å²) in [7, 11) is 1.45. The number of hydrogen-bond acceptors (Lipinski definition) is 5. The molecule has 0 bridgehead atoms. The third kappa shape index (κ3) is 2.97. The highest BCUT2D eigenvalue weighted by Gasteiger charge is 2.36. The van der Waals surface area contributed by atoms with E-state index in [9.17, 15) is 4.79 Å². The summed E-state index contributed by atoms with van der Waals surface area (Å²) < 4.78 is 10.5. The molecule has 0 radical (unpaired) electrons. The number of likely N-dealkylation sites (N-methyl/N-ethyl adjacent to an activating group) is 1. The summed E-state index contributed by atoms with van der Waals surface area (Å²) in [5.41, 5.74) is 0. The highest BCUT2D eigenvalue weighted by Crippen LogP contribution is 2.20. The predicted molar refractivity (Wildman–Crippen MR) is 63.8 cm³/mol. The van der Waals surface area contributed by atoms with E-state index >= 15 is 0 Å². The van der Waals surface area contributed by atoms with E-state index in [0.717, 1.165) is 45.8 Å². The van der Waals surface area contributed by atoms with Gasteiger partial charge in [-0.25, -0.2) is 0 Å². The number of hydrogen-bond donors (Lipinski definition) is 0. The number of morpholine rings is 1. The van der Waals surface area contributed by atoms with Gasteiger partial charge in [0.05, 0.1) is 19.8 Å². The van der Waals surface area contributed by atoms with Crippen molar-refractivity contribution in [2.45, 2.75) is 25.5 Å². The van der Waals surface area contributed by atoms with E-state index in [4.69, 9.17) is 9.47 Å². The maximum Gasteiger partial charge on any atom is 0.323 e. The largest absolute Gasteiger partial charge is 0.468 e. The fourth-order valence-electron chi connectivity index (χ4n) is 2.50. The van der Waals surface area contributed by atoms with Crippen LogP contribution in [-0.4, -0.2) is 74.4 Å². The molecule has 5 heteroatoms. The van der Waals surface area contributed by atoms with Crippen LogP contribution in [0, 0.1) is 0 Å². The summed E-state index contributed by atoms with van der Waals surface area (Å²) in [6.45, 7) is 7.86. The first-order valence-corrected chi connectivity index (χ1v) is 6.40. The molecule has 2 fully saturated rings. The van der Waals surface area contributed by atoms with Crippen LogP contribution >= 0.6 is 0 Å². The van der Waals surface area contributed by atoms with Crippen molar-refractivity contribution in [3.05, 3.63) is 0 Å². The Kier molecular flexibility index (Phi) is 4.36. The Morgan fingerprint density at radius 2 is 2.29 bits per heavy atom. The maximum absolute atomic E-state index is 11.5. The second-order valence-electron chi connectivity index (χ2n) is 4.71. The molecule has 0 aliphatic carbocycles. The second-order valence-corrected chi connectivity index (χ2v) is 4.71. The van der Waals surface area contributed by atoms with Crippen LogP contribution in [0.3, 0.4) is 0 Å². The second kappa shape index (κ2) is 5.80. The Balaban J connectivity index is 1.79. The molecule has 17 heavy (non-hydrogen) atoms. The Hall–Kier alpha value is -0.650. The normalized spacial score (nSPS) is 30.9. The summed E-state index contributed by atoms with van der Waals surface area (Å²) in [4.78, 5) is 16.0. The molecule has 0 amide bonds. The van der Waals surface area contributed by atoms with Gasteiger partial charge in [-0.2, -0.15) is 0 Å². The molecule has 2 saturated heterocycles. The van der Waals surface area contributed by atoms with Gasteiger partial charge in [-0.3, -0.25) is 14.6 Å². The van der Waals surface area contributed by atoms with Crippen LogP contribution in [0.1, 0.15) is 13.3 Å². The third-order valence-corrected chi connectivity index (χ3v) is 3.71. The SMILES string of the molecule is CCN1CCOC(CN2CCC2C(=O)OC)C1.